The van der Waals surface area contributed by atoms with Crippen LogP contribution in [0.1, 0.15) is 20.9 Å². The van der Waals surface area contributed by atoms with Crippen LogP contribution >= 0.6 is 46.3 Å². The number of rotatable bonds is 8. The van der Waals surface area contributed by atoms with E-state index in [0.29, 0.717) is 39.8 Å². The number of hydrogen-bond acceptors (Lipinski definition) is 7. The van der Waals surface area contributed by atoms with Gasteiger partial charge in [-0.25, -0.2) is 9.78 Å². The molecule has 1 aliphatic rings. The van der Waals surface area contributed by atoms with E-state index in [4.69, 9.17) is 33.0 Å². The average Bonchev–Trinajstić information content (AvgIpc) is 3.09. The summed E-state index contributed by atoms with van der Waals surface area (Å²) in [5.74, 6) is -0.970. The van der Waals surface area contributed by atoms with Gasteiger partial charge in [0.25, 0.3) is 0 Å². The minimum absolute atomic E-state index is 0.101. The zero-order chi connectivity index (χ0) is 21.7. The second kappa shape index (κ2) is 10.8. The number of halogens is 2. The topological polar surface area (TPSA) is 91.8 Å². The van der Waals surface area contributed by atoms with Crippen LogP contribution in [0.25, 0.3) is 0 Å². The number of aromatic carboxylic acids is 1. The maximum atomic E-state index is 12.2. The van der Waals surface area contributed by atoms with E-state index >= 15 is 0 Å². The van der Waals surface area contributed by atoms with Gasteiger partial charge >= 0.3 is 5.97 Å². The molecule has 0 aliphatic carbocycles. The Balaban J connectivity index is 1.42. The number of nitrogens with one attached hydrogen (secondary N) is 1. The number of carbonyl (C=O) groups is 2. The molecule has 1 saturated heterocycles. The lowest BCUT2D eigenvalue weighted by molar-refractivity contribution is -0.119. The predicted octanol–water partition coefficient (Wildman–Crippen LogP) is 3.57. The Morgan fingerprint density at radius 3 is 2.90 bits per heavy atom. The molecule has 2 heterocycles. The highest BCUT2D eigenvalue weighted by atomic mass is 35.5. The molecule has 1 atom stereocenters. The number of hydrogen-bond donors (Lipinski definition) is 2. The van der Waals surface area contributed by atoms with E-state index in [1.807, 2.05) is 12.1 Å². The normalized spacial score (nSPS) is 17.1. The lowest BCUT2D eigenvalue weighted by Gasteiger charge is -2.33. The number of morpholine rings is 1. The SMILES string of the molecule is Cc1nc(SCC(=O)NC[C@H]2CN(Cc3ccc(Cl)c(Cl)c3)CCO2)sc1C(=O)O. The Hall–Kier alpha value is -1.36. The molecule has 2 N–H and O–H groups in total. The van der Waals surface area contributed by atoms with Crippen LogP contribution in [0.5, 0.6) is 0 Å². The number of benzene rings is 1. The summed E-state index contributed by atoms with van der Waals surface area (Å²) < 4.78 is 6.33. The highest BCUT2D eigenvalue weighted by Gasteiger charge is 2.21. The van der Waals surface area contributed by atoms with E-state index in [-0.39, 0.29) is 22.6 Å². The van der Waals surface area contributed by atoms with Gasteiger partial charge in [0, 0.05) is 26.2 Å². The summed E-state index contributed by atoms with van der Waals surface area (Å²) in [6, 6.07) is 5.61. The number of aromatic nitrogens is 1. The van der Waals surface area contributed by atoms with Gasteiger partial charge in [-0.1, -0.05) is 41.0 Å². The lowest BCUT2D eigenvalue weighted by Crippen LogP contribution is -2.47. The fraction of sp³-hybridized carbons (Fsp3) is 0.421. The summed E-state index contributed by atoms with van der Waals surface area (Å²) in [6.07, 6.45) is -0.101. The van der Waals surface area contributed by atoms with Gasteiger partial charge in [-0.2, -0.15) is 0 Å². The Morgan fingerprint density at radius 2 is 2.20 bits per heavy atom. The van der Waals surface area contributed by atoms with Gasteiger partial charge in [0.05, 0.1) is 34.2 Å². The second-order valence-electron chi connectivity index (χ2n) is 6.77. The first-order chi connectivity index (χ1) is 14.3. The fourth-order valence-electron chi connectivity index (χ4n) is 2.98. The summed E-state index contributed by atoms with van der Waals surface area (Å²) in [4.78, 5) is 29.9. The molecule has 30 heavy (non-hydrogen) atoms. The Morgan fingerprint density at radius 1 is 1.40 bits per heavy atom. The maximum Gasteiger partial charge on any atom is 0.347 e. The summed E-state index contributed by atoms with van der Waals surface area (Å²) in [6.45, 7) is 4.88. The predicted molar refractivity (Wildman–Crippen MR) is 119 cm³/mol. The number of thiazole rings is 1. The Bertz CT molecular complexity index is 925. The molecule has 0 bridgehead atoms. The van der Waals surface area contributed by atoms with Crippen molar-refractivity contribution in [2.24, 2.45) is 0 Å². The van der Waals surface area contributed by atoms with Gasteiger partial charge in [-0.05, 0) is 24.6 Å². The molecule has 3 rings (SSSR count). The molecule has 1 aromatic heterocycles. The number of ether oxygens (including phenoxy) is 1. The lowest BCUT2D eigenvalue weighted by atomic mass is 10.2. The van der Waals surface area contributed by atoms with Crippen LogP contribution in [0.4, 0.5) is 0 Å². The van der Waals surface area contributed by atoms with Crippen molar-refractivity contribution in [3.05, 3.63) is 44.4 Å². The number of carboxylic acids is 1. The molecule has 1 fully saturated rings. The molecule has 1 amide bonds. The van der Waals surface area contributed by atoms with Crippen LogP contribution < -0.4 is 5.32 Å². The van der Waals surface area contributed by atoms with E-state index in [2.05, 4.69) is 15.2 Å². The molecule has 0 saturated carbocycles. The summed E-state index contributed by atoms with van der Waals surface area (Å²) in [5, 5.41) is 13.0. The smallest absolute Gasteiger partial charge is 0.347 e. The van der Waals surface area contributed by atoms with E-state index in [0.717, 1.165) is 30.0 Å². The van der Waals surface area contributed by atoms with Gasteiger partial charge < -0.3 is 15.2 Å². The molecular weight excluding hydrogens is 469 g/mol. The zero-order valence-corrected chi connectivity index (χ0v) is 19.3. The first-order valence-corrected chi connectivity index (χ1v) is 11.8. The van der Waals surface area contributed by atoms with Gasteiger partial charge in [0.2, 0.25) is 5.91 Å². The third-order valence-corrected chi connectivity index (χ3v) is 7.47. The second-order valence-corrected chi connectivity index (χ2v) is 9.80. The van der Waals surface area contributed by atoms with Gasteiger partial charge in [0.1, 0.15) is 4.88 Å². The summed E-state index contributed by atoms with van der Waals surface area (Å²) >= 11 is 14.4. The third-order valence-electron chi connectivity index (χ3n) is 4.44. The van der Waals surface area contributed by atoms with E-state index in [9.17, 15) is 9.59 Å². The molecule has 1 aromatic carbocycles. The van der Waals surface area contributed by atoms with Crippen LogP contribution in [-0.4, -0.2) is 65.0 Å². The molecule has 1 aliphatic heterocycles. The van der Waals surface area contributed by atoms with E-state index in [1.165, 1.54) is 11.8 Å². The molecule has 7 nitrogen and oxygen atoms in total. The van der Waals surface area contributed by atoms with Crippen molar-refractivity contribution in [3.63, 3.8) is 0 Å². The molecule has 0 spiro atoms. The average molecular weight is 490 g/mol. The molecule has 162 valence electrons. The number of thioether (sulfide) groups is 1. The first-order valence-electron chi connectivity index (χ1n) is 9.20. The van der Waals surface area contributed by atoms with Crippen LogP contribution in [0, 0.1) is 6.92 Å². The minimum atomic E-state index is -0.999. The number of amides is 1. The van der Waals surface area contributed by atoms with Crippen molar-refractivity contribution in [2.45, 2.75) is 23.9 Å². The highest BCUT2D eigenvalue weighted by Crippen LogP contribution is 2.27. The first kappa shape index (κ1) is 23.3. The molecule has 0 radical (unpaired) electrons. The van der Waals surface area contributed by atoms with Crippen LogP contribution in [0.2, 0.25) is 10.0 Å². The van der Waals surface area contributed by atoms with Crippen LogP contribution in [0.15, 0.2) is 22.5 Å². The van der Waals surface area contributed by atoms with Gasteiger partial charge in [0.15, 0.2) is 4.34 Å². The largest absolute Gasteiger partial charge is 0.477 e. The molecule has 11 heteroatoms. The summed E-state index contributed by atoms with van der Waals surface area (Å²) in [5.41, 5.74) is 1.54. The Labute approximate surface area is 192 Å². The fourth-order valence-corrected chi connectivity index (χ4v) is 5.16. The number of nitrogens with zero attached hydrogens (tertiary/aromatic N) is 2. The minimum Gasteiger partial charge on any atom is -0.477 e. The van der Waals surface area contributed by atoms with Crippen molar-refractivity contribution in [1.82, 2.24) is 15.2 Å². The van der Waals surface area contributed by atoms with Crippen molar-refractivity contribution in [1.29, 1.82) is 0 Å². The summed E-state index contributed by atoms with van der Waals surface area (Å²) in [7, 11) is 0. The standard InChI is InChI=1S/C19H21Cl2N3O4S2/c1-11-17(18(26)27)30-19(23-11)29-10-16(25)22-7-13-9-24(4-5-28-13)8-12-2-3-14(20)15(21)6-12/h2-3,6,13H,4-5,7-10H2,1H3,(H,22,25)(H,26,27)/t13-/m0/s1. The monoisotopic (exact) mass is 489 g/mol. The third kappa shape index (κ3) is 6.57. The van der Waals surface area contributed by atoms with Crippen molar-refractivity contribution in [2.75, 3.05) is 32.0 Å². The van der Waals surface area contributed by atoms with Gasteiger partial charge in [-0.15, -0.1) is 11.3 Å². The molecule has 2 aromatic rings. The maximum absolute atomic E-state index is 12.2. The van der Waals surface area contributed by atoms with E-state index < -0.39 is 5.97 Å². The zero-order valence-electron chi connectivity index (χ0n) is 16.2. The Kier molecular flexibility index (Phi) is 8.38. The van der Waals surface area contributed by atoms with E-state index in [1.54, 1.807) is 13.0 Å². The highest BCUT2D eigenvalue weighted by molar-refractivity contribution is 8.01. The van der Waals surface area contributed by atoms with Crippen molar-refractivity contribution < 1.29 is 19.4 Å². The van der Waals surface area contributed by atoms with Crippen molar-refractivity contribution in [3.8, 4) is 0 Å². The quantitative estimate of drug-likeness (QED) is 0.547. The van der Waals surface area contributed by atoms with Crippen LogP contribution in [-0.2, 0) is 16.1 Å². The van der Waals surface area contributed by atoms with Crippen LogP contribution in [0.3, 0.4) is 0 Å². The number of aryl methyl sites for hydroxylation is 1. The van der Waals surface area contributed by atoms with Crippen molar-refractivity contribution >= 4 is 58.2 Å². The number of carboxylic acid groups (broad SMARTS) is 1. The number of carbonyl (C=O) groups excluding carboxylic acids is 1. The van der Waals surface area contributed by atoms with Gasteiger partial charge in [-0.3, -0.25) is 9.69 Å². The molecule has 0 unspecified atom stereocenters. The molecular formula is C19H21Cl2N3O4S2.